The molecule has 2 aliphatic carbocycles. The van der Waals surface area contributed by atoms with Crippen LogP contribution in [-0.4, -0.2) is 31.1 Å². The van der Waals surface area contributed by atoms with Crippen molar-refractivity contribution in [3.8, 4) is 11.1 Å². The Morgan fingerprint density at radius 2 is 2.00 bits per heavy atom. The number of aryl methyl sites for hydroxylation is 1. The van der Waals surface area contributed by atoms with Gasteiger partial charge < -0.3 is 5.73 Å². The summed E-state index contributed by atoms with van der Waals surface area (Å²) in [6.45, 7) is 0.790. The lowest BCUT2D eigenvalue weighted by atomic mass is 9.80. The average Bonchev–Trinajstić information content (AvgIpc) is 3.20. The summed E-state index contributed by atoms with van der Waals surface area (Å²) >= 11 is 0. The second kappa shape index (κ2) is 5.14. The summed E-state index contributed by atoms with van der Waals surface area (Å²) in [5.41, 5.74) is 10.5. The first kappa shape index (κ1) is 14.2. The van der Waals surface area contributed by atoms with E-state index in [4.69, 9.17) is 10.8 Å². The van der Waals surface area contributed by atoms with Gasteiger partial charge in [-0.05, 0) is 38.1 Å². The SMILES string of the molecule is Cn1ncc2cncc(-c3cn(C4CC(CN)C4)nc3C3CC3)c21. The Hall–Kier alpha value is -2.21. The molecule has 3 heterocycles. The molecule has 6 heteroatoms. The van der Waals surface area contributed by atoms with Crippen molar-refractivity contribution < 1.29 is 0 Å². The minimum atomic E-state index is 0.503. The molecule has 0 atom stereocenters. The number of nitrogens with two attached hydrogens (primary N) is 1. The molecule has 0 spiro atoms. The van der Waals surface area contributed by atoms with E-state index in [0.29, 0.717) is 17.9 Å². The molecule has 124 valence electrons. The molecule has 2 fully saturated rings. The van der Waals surface area contributed by atoms with Crippen molar-refractivity contribution >= 4 is 10.9 Å². The van der Waals surface area contributed by atoms with Gasteiger partial charge in [-0.1, -0.05) is 0 Å². The molecule has 3 aromatic rings. The van der Waals surface area contributed by atoms with Gasteiger partial charge in [0.25, 0.3) is 0 Å². The van der Waals surface area contributed by atoms with Gasteiger partial charge in [0.2, 0.25) is 0 Å². The van der Waals surface area contributed by atoms with Crippen LogP contribution in [0.4, 0.5) is 0 Å². The molecule has 0 saturated heterocycles. The van der Waals surface area contributed by atoms with Crippen LogP contribution in [0.5, 0.6) is 0 Å². The molecule has 0 radical (unpaired) electrons. The quantitative estimate of drug-likeness (QED) is 0.801. The summed E-state index contributed by atoms with van der Waals surface area (Å²) < 4.78 is 4.12. The summed E-state index contributed by atoms with van der Waals surface area (Å²) in [5, 5.41) is 10.5. The Kier molecular flexibility index (Phi) is 3.03. The lowest BCUT2D eigenvalue weighted by Crippen LogP contribution is -2.32. The predicted octanol–water partition coefficient (Wildman–Crippen LogP) is 2.62. The number of hydrogen-bond acceptors (Lipinski definition) is 4. The minimum Gasteiger partial charge on any atom is -0.330 e. The minimum absolute atomic E-state index is 0.503. The summed E-state index contributed by atoms with van der Waals surface area (Å²) in [6, 6.07) is 0.503. The van der Waals surface area contributed by atoms with E-state index in [0.717, 1.165) is 35.9 Å². The van der Waals surface area contributed by atoms with E-state index in [2.05, 4.69) is 21.0 Å². The van der Waals surface area contributed by atoms with E-state index in [1.807, 2.05) is 30.3 Å². The van der Waals surface area contributed by atoms with Gasteiger partial charge in [-0.15, -0.1) is 0 Å². The predicted molar refractivity (Wildman–Crippen MR) is 92.5 cm³/mol. The molecular weight excluding hydrogens is 300 g/mol. The molecule has 0 aliphatic heterocycles. The van der Waals surface area contributed by atoms with Crippen molar-refractivity contribution in [3.05, 3.63) is 30.5 Å². The molecule has 5 rings (SSSR count). The summed E-state index contributed by atoms with van der Waals surface area (Å²) in [4.78, 5) is 4.43. The molecule has 24 heavy (non-hydrogen) atoms. The second-order valence-corrected chi connectivity index (χ2v) is 7.30. The van der Waals surface area contributed by atoms with E-state index < -0.39 is 0 Å². The highest BCUT2D eigenvalue weighted by Gasteiger charge is 2.34. The van der Waals surface area contributed by atoms with Crippen LogP contribution >= 0.6 is 0 Å². The molecule has 2 saturated carbocycles. The smallest absolute Gasteiger partial charge is 0.0789 e. The molecule has 2 N–H and O–H groups in total. The summed E-state index contributed by atoms with van der Waals surface area (Å²) in [6.07, 6.45) is 12.7. The van der Waals surface area contributed by atoms with Crippen molar-refractivity contribution in [2.24, 2.45) is 18.7 Å². The zero-order valence-corrected chi connectivity index (χ0v) is 13.9. The van der Waals surface area contributed by atoms with Crippen LogP contribution in [0.15, 0.2) is 24.8 Å². The highest BCUT2D eigenvalue weighted by atomic mass is 15.3. The topological polar surface area (TPSA) is 74.5 Å². The van der Waals surface area contributed by atoms with Gasteiger partial charge in [-0.2, -0.15) is 10.2 Å². The molecular formula is C18H22N6. The van der Waals surface area contributed by atoms with E-state index in [-0.39, 0.29) is 0 Å². The Bertz CT molecular complexity index is 898. The fraction of sp³-hybridized carbons (Fsp3) is 0.500. The van der Waals surface area contributed by atoms with E-state index in [1.54, 1.807) is 0 Å². The molecule has 0 aromatic carbocycles. The fourth-order valence-electron chi connectivity index (χ4n) is 3.90. The molecule has 6 nitrogen and oxygen atoms in total. The third-order valence-electron chi connectivity index (χ3n) is 5.57. The Balaban J connectivity index is 1.62. The van der Waals surface area contributed by atoms with Gasteiger partial charge >= 0.3 is 0 Å². The molecule has 0 bridgehead atoms. The Morgan fingerprint density at radius 3 is 2.75 bits per heavy atom. The first-order valence-corrected chi connectivity index (χ1v) is 8.79. The van der Waals surface area contributed by atoms with Crippen molar-refractivity contribution in [3.63, 3.8) is 0 Å². The van der Waals surface area contributed by atoms with Crippen molar-refractivity contribution in [2.45, 2.75) is 37.6 Å². The summed E-state index contributed by atoms with van der Waals surface area (Å²) in [5.74, 6) is 1.27. The maximum atomic E-state index is 5.78. The molecule has 2 aliphatic rings. The highest BCUT2D eigenvalue weighted by molar-refractivity contribution is 5.93. The van der Waals surface area contributed by atoms with Gasteiger partial charge in [0.05, 0.1) is 23.4 Å². The maximum absolute atomic E-state index is 5.78. The molecule has 0 unspecified atom stereocenters. The van der Waals surface area contributed by atoms with Crippen molar-refractivity contribution in [2.75, 3.05) is 6.54 Å². The van der Waals surface area contributed by atoms with E-state index >= 15 is 0 Å². The van der Waals surface area contributed by atoms with Crippen LogP contribution in [0.2, 0.25) is 0 Å². The van der Waals surface area contributed by atoms with Crippen LogP contribution in [0, 0.1) is 5.92 Å². The number of pyridine rings is 1. The number of aromatic nitrogens is 5. The van der Waals surface area contributed by atoms with Crippen LogP contribution in [0.25, 0.3) is 22.0 Å². The zero-order valence-electron chi connectivity index (χ0n) is 13.9. The maximum Gasteiger partial charge on any atom is 0.0789 e. The average molecular weight is 322 g/mol. The number of fused-ring (bicyclic) bond motifs is 1. The lowest BCUT2D eigenvalue weighted by molar-refractivity contribution is 0.189. The zero-order chi connectivity index (χ0) is 16.3. The van der Waals surface area contributed by atoms with Gasteiger partial charge in [-0.25, -0.2) is 0 Å². The number of nitrogens with zero attached hydrogens (tertiary/aromatic N) is 5. The van der Waals surface area contributed by atoms with E-state index in [9.17, 15) is 0 Å². The van der Waals surface area contributed by atoms with Crippen LogP contribution < -0.4 is 5.73 Å². The largest absolute Gasteiger partial charge is 0.330 e. The normalized spacial score (nSPS) is 23.6. The van der Waals surface area contributed by atoms with Gasteiger partial charge in [0.1, 0.15) is 0 Å². The number of rotatable bonds is 4. The van der Waals surface area contributed by atoms with Gasteiger partial charge in [0, 0.05) is 48.1 Å². The molecule has 0 amide bonds. The Morgan fingerprint density at radius 1 is 1.17 bits per heavy atom. The van der Waals surface area contributed by atoms with Crippen LogP contribution in [-0.2, 0) is 7.05 Å². The second-order valence-electron chi connectivity index (χ2n) is 7.30. The van der Waals surface area contributed by atoms with Gasteiger partial charge in [0.15, 0.2) is 0 Å². The standard InChI is InChI=1S/C18H22N6/c1-23-18-13(8-21-23)7-20-9-15(18)16-10-24(14-4-11(5-14)6-19)22-17(16)12-2-3-12/h7-12,14H,2-6,19H2,1H3. The number of hydrogen-bond donors (Lipinski definition) is 1. The van der Waals surface area contributed by atoms with Crippen LogP contribution in [0.3, 0.4) is 0 Å². The third kappa shape index (κ3) is 2.09. The van der Waals surface area contributed by atoms with E-state index in [1.165, 1.54) is 24.1 Å². The lowest BCUT2D eigenvalue weighted by Gasteiger charge is -2.34. The van der Waals surface area contributed by atoms with Crippen molar-refractivity contribution in [1.29, 1.82) is 0 Å². The first-order chi connectivity index (χ1) is 11.7. The summed E-state index contributed by atoms with van der Waals surface area (Å²) in [7, 11) is 1.99. The first-order valence-electron chi connectivity index (χ1n) is 8.79. The fourth-order valence-corrected chi connectivity index (χ4v) is 3.90. The monoisotopic (exact) mass is 322 g/mol. The molecule has 3 aromatic heterocycles. The van der Waals surface area contributed by atoms with Gasteiger partial charge in [-0.3, -0.25) is 14.3 Å². The van der Waals surface area contributed by atoms with Crippen molar-refractivity contribution in [1.82, 2.24) is 24.5 Å². The highest BCUT2D eigenvalue weighted by Crippen LogP contribution is 2.46. The third-order valence-corrected chi connectivity index (χ3v) is 5.57. The Labute approximate surface area is 140 Å². The van der Waals surface area contributed by atoms with Crippen LogP contribution in [0.1, 0.15) is 43.3 Å².